The maximum atomic E-state index is 14.1. The molecule has 2 aliphatic heterocycles. The van der Waals surface area contributed by atoms with Crippen molar-refractivity contribution in [2.75, 3.05) is 36.2 Å². The Labute approximate surface area is 184 Å². The van der Waals surface area contributed by atoms with Gasteiger partial charge < -0.3 is 15.1 Å². The topological polar surface area (TPSA) is 89.3 Å². The number of hydrogen-bond acceptors (Lipinski definition) is 6. The number of fused-ring (bicyclic) bond motifs is 1. The third kappa shape index (κ3) is 4.74. The number of alkyl halides is 1. The first-order chi connectivity index (χ1) is 15.1. The summed E-state index contributed by atoms with van der Waals surface area (Å²) in [7, 11) is 0. The number of pyridine rings is 1. The quantitative estimate of drug-likeness (QED) is 0.785. The van der Waals surface area contributed by atoms with Crippen LogP contribution in [0.2, 0.25) is 0 Å². The zero-order valence-corrected chi connectivity index (χ0v) is 17.9. The zero-order chi connectivity index (χ0) is 21.8. The molecule has 1 aromatic heterocycles. The van der Waals surface area contributed by atoms with E-state index in [-0.39, 0.29) is 18.4 Å². The zero-order valence-electron chi connectivity index (χ0n) is 17.1. The Hall–Kier alpha value is -2.86. The highest BCUT2D eigenvalue weighted by Gasteiger charge is 2.29. The van der Waals surface area contributed by atoms with E-state index in [9.17, 15) is 14.0 Å². The van der Waals surface area contributed by atoms with Gasteiger partial charge in [0.15, 0.2) is 0 Å². The van der Waals surface area contributed by atoms with Crippen LogP contribution in [0, 0.1) is 11.3 Å². The van der Waals surface area contributed by atoms with Gasteiger partial charge in [-0.1, -0.05) is 0 Å². The summed E-state index contributed by atoms with van der Waals surface area (Å²) in [5, 5.41) is 12.5. The van der Waals surface area contributed by atoms with Crippen LogP contribution in [-0.4, -0.2) is 65.2 Å². The highest BCUT2D eigenvalue weighted by Crippen LogP contribution is 2.26. The van der Waals surface area contributed by atoms with Gasteiger partial charge in [0.25, 0.3) is 5.91 Å². The van der Waals surface area contributed by atoms with Crippen molar-refractivity contribution in [3.63, 3.8) is 0 Å². The lowest BCUT2D eigenvalue weighted by Crippen LogP contribution is -2.42. The molecule has 0 spiro atoms. The van der Waals surface area contributed by atoms with Crippen LogP contribution >= 0.6 is 11.8 Å². The molecule has 0 bridgehead atoms. The first-order valence-electron chi connectivity index (χ1n) is 10.4. The van der Waals surface area contributed by atoms with Crippen LogP contribution in [0.3, 0.4) is 0 Å². The van der Waals surface area contributed by atoms with Crippen molar-refractivity contribution < 1.29 is 14.0 Å². The maximum absolute atomic E-state index is 14.1. The Balaban J connectivity index is 1.52. The van der Waals surface area contributed by atoms with Crippen molar-refractivity contribution in [1.82, 2.24) is 15.2 Å². The van der Waals surface area contributed by atoms with Crippen LogP contribution in [0.15, 0.2) is 30.5 Å². The van der Waals surface area contributed by atoms with Crippen LogP contribution in [0.25, 0.3) is 10.9 Å². The van der Waals surface area contributed by atoms with Gasteiger partial charge in [-0.3, -0.25) is 14.6 Å². The van der Waals surface area contributed by atoms with Crippen LogP contribution in [0.5, 0.6) is 0 Å². The summed E-state index contributed by atoms with van der Waals surface area (Å²) in [5.41, 5.74) is 1.94. The third-order valence-corrected chi connectivity index (χ3v) is 6.71. The maximum Gasteiger partial charge on any atom is 0.252 e. The molecule has 0 aliphatic carbocycles. The predicted molar refractivity (Wildman–Crippen MR) is 119 cm³/mol. The number of nitrogens with one attached hydrogen (secondary N) is 1. The standard InChI is InChI=1S/C22H24FN5O2S/c23-15-3-1-2-8-27(12-15)16-4-5-20-19(9-16)18(6-7-25-20)22(30)26-11-21(29)28-14-31-13-17(28)10-24/h4-7,9,15,17H,1-3,8,11-14H2,(H,26,30)/t15-,17-/m1/s1. The average molecular weight is 442 g/mol. The van der Waals surface area contributed by atoms with Gasteiger partial charge in [-0.2, -0.15) is 5.26 Å². The van der Waals surface area contributed by atoms with Crippen LogP contribution < -0.4 is 10.2 Å². The molecule has 2 atom stereocenters. The highest BCUT2D eigenvalue weighted by atomic mass is 32.2. The molecule has 3 heterocycles. The van der Waals surface area contributed by atoms with E-state index in [4.69, 9.17) is 5.26 Å². The fraction of sp³-hybridized carbons (Fsp3) is 0.455. The number of aromatic nitrogens is 1. The number of nitriles is 1. The molecule has 2 amide bonds. The summed E-state index contributed by atoms with van der Waals surface area (Å²) in [6, 6.07) is 8.90. The number of thioether (sulfide) groups is 1. The Kier molecular flexibility index (Phi) is 6.56. The summed E-state index contributed by atoms with van der Waals surface area (Å²) in [6.07, 6.45) is 3.08. The van der Waals surface area contributed by atoms with Crippen molar-refractivity contribution in [2.24, 2.45) is 0 Å². The minimum absolute atomic E-state index is 0.170. The number of hydrogen-bond donors (Lipinski definition) is 1. The Morgan fingerprint density at radius 2 is 2.19 bits per heavy atom. The number of rotatable bonds is 4. The van der Waals surface area contributed by atoms with Gasteiger partial charge in [0.1, 0.15) is 12.2 Å². The van der Waals surface area contributed by atoms with Gasteiger partial charge in [0.05, 0.1) is 29.6 Å². The number of carbonyl (C=O) groups is 2. The van der Waals surface area contributed by atoms with Crippen molar-refractivity contribution in [2.45, 2.75) is 31.5 Å². The Morgan fingerprint density at radius 3 is 3.03 bits per heavy atom. The molecule has 162 valence electrons. The molecule has 2 aliphatic rings. The van der Waals surface area contributed by atoms with Crippen LogP contribution in [0.1, 0.15) is 29.6 Å². The van der Waals surface area contributed by atoms with Gasteiger partial charge >= 0.3 is 0 Å². The number of benzene rings is 1. The number of anilines is 1. The van der Waals surface area contributed by atoms with Crippen LogP contribution in [-0.2, 0) is 4.79 Å². The lowest BCUT2D eigenvalue weighted by Gasteiger charge is -2.24. The van der Waals surface area contributed by atoms with Crippen molar-refractivity contribution in [3.8, 4) is 6.07 Å². The van der Waals surface area contributed by atoms with Gasteiger partial charge in [-0.05, 0) is 43.5 Å². The molecule has 4 rings (SSSR count). The molecular formula is C22H24FN5O2S. The smallest absolute Gasteiger partial charge is 0.252 e. The first kappa shape index (κ1) is 21.4. The second-order valence-electron chi connectivity index (χ2n) is 7.79. The van der Waals surface area contributed by atoms with Gasteiger partial charge in [0, 0.05) is 36.1 Å². The molecule has 2 saturated heterocycles. The SMILES string of the molecule is N#C[C@@H]1CSCN1C(=O)CNC(=O)c1ccnc2ccc(N3CCCC[C@@H](F)C3)cc12. The number of halogens is 1. The van der Waals surface area contributed by atoms with E-state index in [0.29, 0.717) is 41.1 Å². The lowest BCUT2D eigenvalue weighted by atomic mass is 10.1. The first-order valence-corrected chi connectivity index (χ1v) is 11.5. The molecule has 0 saturated carbocycles. The highest BCUT2D eigenvalue weighted by molar-refractivity contribution is 7.99. The predicted octanol–water partition coefficient (Wildman–Crippen LogP) is 2.72. The van der Waals surface area contributed by atoms with Crippen molar-refractivity contribution in [3.05, 3.63) is 36.0 Å². The fourth-order valence-corrected chi connectivity index (χ4v) is 5.11. The second kappa shape index (κ2) is 9.52. The summed E-state index contributed by atoms with van der Waals surface area (Å²) in [6.45, 7) is 0.947. The van der Waals surface area contributed by atoms with E-state index in [0.717, 1.165) is 25.1 Å². The average Bonchev–Trinajstić information content (AvgIpc) is 3.17. The summed E-state index contributed by atoms with van der Waals surface area (Å²) in [4.78, 5) is 33.1. The number of amides is 2. The third-order valence-electron chi connectivity index (χ3n) is 5.70. The van der Waals surface area contributed by atoms with Gasteiger partial charge in [-0.25, -0.2) is 4.39 Å². The van der Waals surface area contributed by atoms with E-state index in [1.165, 1.54) is 16.7 Å². The molecule has 7 nitrogen and oxygen atoms in total. The molecule has 1 aromatic carbocycles. The molecular weight excluding hydrogens is 417 g/mol. The number of carbonyl (C=O) groups excluding carboxylic acids is 2. The molecule has 9 heteroatoms. The Morgan fingerprint density at radius 1 is 1.32 bits per heavy atom. The monoisotopic (exact) mass is 441 g/mol. The summed E-state index contributed by atoms with van der Waals surface area (Å²) >= 11 is 1.52. The van der Waals surface area contributed by atoms with E-state index in [2.05, 4.69) is 16.4 Å². The summed E-state index contributed by atoms with van der Waals surface area (Å²) in [5.74, 6) is 0.393. The molecule has 2 aromatic rings. The van der Waals surface area contributed by atoms with E-state index >= 15 is 0 Å². The van der Waals surface area contributed by atoms with Gasteiger partial charge in [0.2, 0.25) is 5.91 Å². The van der Waals surface area contributed by atoms with E-state index in [1.54, 1.807) is 12.3 Å². The largest absolute Gasteiger partial charge is 0.369 e. The molecule has 1 N–H and O–H groups in total. The Bertz CT molecular complexity index is 1030. The van der Waals surface area contributed by atoms with Crippen molar-refractivity contribution >= 4 is 40.2 Å². The number of nitrogens with zero attached hydrogens (tertiary/aromatic N) is 4. The molecule has 0 unspecified atom stereocenters. The molecule has 31 heavy (non-hydrogen) atoms. The summed E-state index contributed by atoms with van der Waals surface area (Å²) < 4.78 is 14.1. The van der Waals surface area contributed by atoms with E-state index < -0.39 is 12.2 Å². The molecule has 0 radical (unpaired) electrons. The molecule has 2 fully saturated rings. The van der Waals surface area contributed by atoms with Crippen molar-refractivity contribution in [1.29, 1.82) is 5.26 Å². The second-order valence-corrected chi connectivity index (χ2v) is 8.79. The van der Waals surface area contributed by atoms with E-state index in [1.807, 2.05) is 23.1 Å². The minimum Gasteiger partial charge on any atom is -0.369 e. The van der Waals surface area contributed by atoms with Crippen LogP contribution in [0.4, 0.5) is 10.1 Å². The minimum atomic E-state index is -0.859. The fourth-order valence-electron chi connectivity index (χ4n) is 4.00. The van der Waals surface area contributed by atoms with Gasteiger partial charge in [-0.15, -0.1) is 11.8 Å². The lowest BCUT2D eigenvalue weighted by molar-refractivity contribution is -0.129. The normalized spacial score (nSPS) is 21.5.